The van der Waals surface area contributed by atoms with E-state index < -0.39 is 17.9 Å². The smallest absolute Gasteiger partial charge is 0.311 e. The lowest BCUT2D eigenvalue weighted by atomic mass is 10.1. The monoisotopic (exact) mass is 422 g/mol. The highest BCUT2D eigenvalue weighted by molar-refractivity contribution is 9.28. The molecule has 1 aliphatic carbocycles. The van der Waals surface area contributed by atoms with Gasteiger partial charge in [-0.25, -0.2) is 4.39 Å². The Kier molecular flexibility index (Phi) is 6.64. The van der Waals surface area contributed by atoms with E-state index in [0.29, 0.717) is 0 Å². The van der Waals surface area contributed by atoms with Gasteiger partial charge in [0.05, 0.1) is 9.31 Å². The van der Waals surface area contributed by atoms with Crippen molar-refractivity contribution in [1.82, 2.24) is 0 Å². The number of hydrogen-bond acceptors (Lipinski definition) is 3. The van der Waals surface area contributed by atoms with E-state index in [1.807, 2.05) is 19.9 Å². The molecular weight excluding hydrogens is 407 g/mol. The Balaban J connectivity index is 2.73. The Labute approximate surface area is 140 Å². The Morgan fingerprint density at radius 3 is 2.67 bits per heavy atom. The van der Waals surface area contributed by atoms with E-state index in [9.17, 15) is 9.18 Å². The van der Waals surface area contributed by atoms with E-state index in [2.05, 4.69) is 37.8 Å². The Hall–Kier alpha value is -0.640. The van der Waals surface area contributed by atoms with Gasteiger partial charge in [-0.15, -0.1) is 6.42 Å². The van der Waals surface area contributed by atoms with Crippen molar-refractivity contribution in [3.63, 3.8) is 0 Å². The third kappa shape index (κ3) is 4.67. The first-order valence-electron chi connectivity index (χ1n) is 6.41. The van der Waals surface area contributed by atoms with Gasteiger partial charge in [-0.1, -0.05) is 25.8 Å². The number of aliphatic hydroxyl groups excluding tert-OH is 1. The van der Waals surface area contributed by atoms with Gasteiger partial charge in [-0.2, -0.15) is 0 Å². The second-order valence-electron chi connectivity index (χ2n) is 5.37. The summed E-state index contributed by atoms with van der Waals surface area (Å²) < 4.78 is 19.5. The van der Waals surface area contributed by atoms with Crippen LogP contribution < -0.4 is 0 Å². The summed E-state index contributed by atoms with van der Waals surface area (Å²) in [7, 11) is 0. The minimum atomic E-state index is -1.34. The molecule has 0 aromatic heterocycles. The number of ether oxygens (including phenoxy) is 1. The molecule has 0 radical (unpaired) electrons. The summed E-state index contributed by atoms with van der Waals surface area (Å²) in [5, 5.41) is 8.65. The lowest BCUT2D eigenvalue weighted by molar-refractivity contribution is -0.148. The summed E-state index contributed by atoms with van der Waals surface area (Å²) in [5.41, 5.74) is -0.256. The van der Waals surface area contributed by atoms with Crippen molar-refractivity contribution >= 4 is 37.8 Å². The molecule has 116 valence electrons. The zero-order valence-corrected chi connectivity index (χ0v) is 14.9. The fraction of sp³-hybridized carbons (Fsp3) is 0.533. The van der Waals surface area contributed by atoms with E-state index in [-0.39, 0.29) is 30.3 Å². The average Bonchev–Trinajstić information content (AvgIpc) is 2.93. The molecule has 0 spiro atoms. The molecule has 1 N–H and O–H groups in total. The molecule has 0 aliphatic heterocycles. The van der Waals surface area contributed by atoms with Gasteiger partial charge in [0.2, 0.25) is 6.10 Å². The fourth-order valence-corrected chi connectivity index (χ4v) is 2.81. The number of halogens is 3. The average molecular weight is 424 g/mol. The van der Waals surface area contributed by atoms with Crippen molar-refractivity contribution in [2.45, 2.75) is 26.4 Å². The summed E-state index contributed by atoms with van der Waals surface area (Å²) in [6, 6.07) is 0. The second-order valence-corrected chi connectivity index (χ2v) is 8.14. The van der Waals surface area contributed by atoms with Crippen LogP contribution in [-0.4, -0.2) is 23.8 Å². The maximum atomic E-state index is 13.7. The van der Waals surface area contributed by atoms with Gasteiger partial charge >= 0.3 is 5.97 Å². The van der Waals surface area contributed by atoms with Crippen LogP contribution in [0.25, 0.3) is 0 Å². The molecule has 0 aromatic rings. The number of carbonyl (C=O) groups is 1. The topological polar surface area (TPSA) is 46.5 Å². The largest absolute Gasteiger partial charge is 0.441 e. The van der Waals surface area contributed by atoms with E-state index >= 15 is 0 Å². The molecule has 3 unspecified atom stereocenters. The molecule has 0 amide bonds. The van der Waals surface area contributed by atoms with Crippen LogP contribution >= 0.6 is 31.9 Å². The molecule has 0 heterocycles. The Morgan fingerprint density at radius 2 is 2.19 bits per heavy atom. The van der Waals surface area contributed by atoms with Gasteiger partial charge < -0.3 is 9.84 Å². The quantitative estimate of drug-likeness (QED) is 0.523. The van der Waals surface area contributed by atoms with Crippen molar-refractivity contribution in [1.29, 1.82) is 0 Å². The predicted molar refractivity (Wildman–Crippen MR) is 86.3 cm³/mol. The first-order valence-corrected chi connectivity index (χ1v) is 8.00. The number of aliphatic hydroxyl groups is 1. The third-order valence-corrected chi connectivity index (χ3v) is 4.10. The summed E-state index contributed by atoms with van der Waals surface area (Å²) in [6.07, 6.45) is 6.98. The molecule has 1 rings (SSSR count). The third-order valence-electron chi connectivity index (χ3n) is 3.57. The maximum Gasteiger partial charge on any atom is 0.311 e. The van der Waals surface area contributed by atoms with Gasteiger partial charge in [0, 0.05) is 6.61 Å². The van der Waals surface area contributed by atoms with E-state index in [4.69, 9.17) is 16.3 Å². The number of hydrogen-bond donors (Lipinski definition) is 1. The molecular formula is C15H17Br2FO3. The summed E-state index contributed by atoms with van der Waals surface area (Å²) in [6.45, 7) is 3.68. The molecule has 3 atom stereocenters. The summed E-state index contributed by atoms with van der Waals surface area (Å²) in [4.78, 5) is 12.1. The highest BCUT2D eigenvalue weighted by Crippen LogP contribution is 2.60. The normalized spacial score (nSPS) is 24.7. The minimum absolute atomic E-state index is 0.00153. The van der Waals surface area contributed by atoms with Crippen molar-refractivity contribution < 1.29 is 19.0 Å². The van der Waals surface area contributed by atoms with Crippen LogP contribution in [0.1, 0.15) is 20.3 Å². The van der Waals surface area contributed by atoms with E-state index in [0.717, 1.165) is 9.47 Å². The van der Waals surface area contributed by atoms with Crippen LogP contribution in [0.3, 0.4) is 0 Å². The first kappa shape index (κ1) is 18.4. The van der Waals surface area contributed by atoms with Crippen LogP contribution in [0.5, 0.6) is 0 Å². The lowest BCUT2D eigenvalue weighted by Gasteiger charge is -2.11. The number of carbonyl (C=O) groups excluding carboxylic acids is 1. The Bertz CT molecular complexity index is 502. The molecule has 6 heteroatoms. The van der Waals surface area contributed by atoms with Crippen LogP contribution in [0, 0.1) is 29.6 Å². The minimum Gasteiger partial charge on any atom is -0.441 e. The standard InChI is InChI=1S/C15H17Br2FO3/c1-4-11(10(18)6-5-7-19)21-14(20)13-9(8-12(16)17)15(13,2)3/h1,6,8-9,11,13,19H,5,7H2,2-3H3/b10-6-. The predicted octanol–water partition coefficient (Wildman–Crippen LogP) is 3.67. The molecule has 0 bridgehead atoms. The van der Waals surface area contributed by atoms with Crippen molar-refractivity contribution in [2.24, 2.45) is 17.3 Å². The molecule has 3 nitrogen and oxygen atoms in total. The van der Waals surface area contributed by atoms with Crippen molar-refractivity contribution in [3.8, 4) is 12.3 Å². The van der Waals surface area contributed by atoms with Crippen LogP contribution in [-0.2, 0) is 9.53 Å². The zero-order valence-electron chi connectivity index (χ0n) is 11.8. The van der Waals surface area contributed by atoms with Gasteiger partial charge in [0.15, 0.2) is 0 Å². The first-order chi connectivity index (χ1) is 9.75. The number of esters is 1. The molecule has 0 aromatic carbocycles. The van der Waals surface area contributed by atoms with E-state index in [1.165, 1.54) is 0 Å². The highest BCUT2D eigenvalue weighted by Gasteiger charge is 2.61. The number of terminal acetylenes is 1. The van der Waals surface area contributed by atoms with Crippen LogP contribution in [0.15, 0.2) is 21.4 Å². The lowest BCUT2D eigenvalue weighted by Crippen LogP contribution is -2.20. The molecule has 21 heavy (non-hydrogen) atoms. The van der Waals surface area contributed by atoms with E-state index in [1.54, 1.807) is 0 Å². The SMILES string of the molecule is C#CC(OC(=O)C1C(C=C(Br)Br)C1(C)C)/C(F)=C/CCO. The van der Waals surface area contributed by atoms with Gasteiger partial charge in [-0.05, 0) is 55.7 Å². The fourth-order valence-electron chi connectivity index (χ4n) is 2.24. The van der Waals surface area contributed by atoms with Crippen LogP contribution in [0.2, 0.25) is 0 Å². The molecule has 1 saturated carbocycles. The van der Waals surface area contributed by atoms with Crippen molar-refractivity contribution in [3.05, 3.63) is 21.4 Å². The number of allylic oxidation sites excluding steroid dienone is 1. The maximum absolute atomic E-state index is 13.7. The summed E-state index contributed by atoms with van der Waals surface area (Å²) >= 11 is 6.52. The molecule has 1 aliphatic rings. The summed E-state index contributed by atoms with van der Waals surface area (Å²) in [5.74, 6) is 0.504. The molecule has 1 fully saturated rings. The highest BCUT2D eigenvalue weighted by atomic mass is 79.9. The van der Waals surface area contributed by atoms with Gasteiger partial charge in [-0.3, -0.25) is 4.79 Å². The Morgan fingerprint density at radius 1 is 1.57 bits per heavy atom. The van der Waals surface area contributed by atoms with Crippen LogP contribution in [0.4, 0.5) is 4.39 Å². The number of rotatable bonds is 6. The van der Waals surface area contributed by atoms with Crippen molar-refractivity contribution in [2.75, 3.05) is 6.61 Å². The molecule has 0 saturated heterocycles. The van der Waals surface area contributed by atoms with Gasteiger partial charge in [0.25, 0.3) is 0 Å². The zero-order chi connectivity index (χ0) is 16.2. The second kappa shape index (κ2) is 7.57. The van der Waals surface area contributed by atoms with Gasteiger partial charge in [0.1, 0.15) is 5.83 Å².